The summed E-state index contributed by atoms with van der Waals surface area (Å²) in [7, 11) is 0. The highest BCUT2D eigenvalue weighted by atomic mass is 16.7. The van der Waals surface area contributed by atoms with E-state index in [4.69, 9.17) is 18.9 Å². The molecule has 392 valence electrons. The van der Waals surface area contributed by atoms with Gasteiger partial charge in [-0.15, -0.1) is 0 Å². The van der Waals surface area contributed by atoms with Crippen molar-refractivity contribution in [3.8, 4) is 0 Å². The highest BCUT2D eigenvalue weighted by molar-refractivity contribution is 5.76. The van der Waals surface area contributed by atoms with Crippen LogP contribution in [0.3, 0.4) is 0 Å². The summed E-state index contributed by atoms with van der Waals surface area (Å²) in [6.07, 6.45) is 33.7. The third kappa shape index (κ3) is 26.6. The van der Waals surface area contributed by atoms with Gasteiger partial charge in [0.25, 0.3) is 0 Å². The zero-order valence-electron chi connectivity index (χ0n) is 41.6. The molecule has 14 nitrogen and oxygen atoms in total. The van der Waals surface area contributed by atoms with E-state index in [1.807, 2.05) is 6.08 Å². The molecule has 68 heavy (non-hydrogen) atoms. The second-order valence-corrected chi connectivity index (χ2v) is 18.3. The van der Waals surface area contributed by atoms with Gasteiger partial charge in [0.1, 0.15) is 48.8 Å². The molecule has 9 N–H and O–H groups in total. The molecule has 0 aliphatic carbocycles. The normalized spacial score (nSPS) is 27.0. The second-order valence-electron chi connectivity index (χ2n) is 18.3. The Bertz CT molecular complexity index is 1420. The van der Waals surface area contributed by atoms with Crippen LogP contribution in [0.1, 0.15) is 168 Å². The number of rotatable bonds is 39. The fraction of sp³-hybridized carbons (Fsp3) is 0.759. The average Bonchev–Trinajstić information content (AvgIpc) is 3.34. The van der Waals surface area contributed by atoms with Crippen molar-refractivity contribution in [3.63, 3.8) is 0 Å². The van der Waals surface area contributed by atoms with E-state index in [1.54, 1.807) is 6.08 Å². The van der Waals surface area contributed by atoms with E-state index in [-0.39, 0.29) is 18.9 Å². The molecule has 0 saturated carbocycles. The minimum Gasteiger partial charge on any atom is -0.394 e. The van der Waals surface area contributed by atoms with Crippen molar-refractivity contribution in [3.05, 3.63) is 72.9 Å². The van der Waals surface area contributed by atoms with Crippen molar-refractivity contribution in [2.75, 3.05) is 19.8 Å². The standard InChI is InChI=1S/C54H93NO13/c1-3-5-7-9-11-13-15-17-19-21-23-25-27-29-31-33-35-37-43(58)42(55-46(59)38-36-34-32-30-28-26-24-22-20-18-16-14-12-10-8-6-4-2)41-65-53-51(64)49(62)52(45(40-57)67-53)68-54-50(63)48(61)47(60)44(39-56)66-54/h6,8,12,14,18,20,24,26-27,29,35,37,42-45,47-54,56-58,60-64H,3-5,7,9-11,13,15-17,19,21-23,25,28,30-34,36,38-41H2,1-2H3,(H,55,59)/b8-6-,14-12-,20-18-,26-24-,29-27+,37-35+. The number of carbonyl (C=O) groups is 1. The van der Waals surface area contributed by atoms with Gasteiger partial charge in [-0.05, 0) is 70.6 Å². The Morgan fingerprint density at radius 3 is 1.62 bits per heavy atom. The van der Waals surface area contributed by atoms with Gasteiger partial charge in [0.05, 0.1) is 32.0 Å². The molecule has 2 saturated heterocycles. The summed E-state index contributed by atoms with van der Waals surface area (Å²) >= 11 is 0. The molecule has 2 fully saturated rings. The SMILES string of the molecule is CC/C=C\C/C=C\C/C=C\C/C=C\CCCCCCC(=O)NC(COC1OC(CO)C(OC2OC(CO)C(O)C(O)C2O)C(O)C1O)C(O)/C=C/CC/C=C/CCCCCCCCCCCCC. The number of nitrogens with one attached hydrogen (secondary N) is 1. The van der Waals surface area contributed by atoms with Crippen LogP contribution in [0.15, 0.2) is 72.9 Å². The van der Waals surface area contributed by atoms with Crippen molar-refractivity contribution in [2.24, 2.45) is 0 Å². The van der Waals surface area contributed by atoms with Crippen molar-refractivity contribution < 1.29 is 64.6 Å². The molecule has 0 radical (unpaired) electrons. The Balaban J connectivity index is 1.87. The van der Waals surface area contributed by atoms with Gasteiger partial charge in [0.15, 0.2) is 12.6 Å². The fourth-order valence-electron chi connectivity index (χ4n) is 8.12. The van der Waals surface area contributed by atoms with Gasteiger partial charge in [0, 0.05) is 6.42 Å². The molecule has 12 unspecified atom stereocenters. The van der Waals surface area contributed by atoms with Crippen molar-refractivity contribution >= 4 is 5.91 Å². The lowest BCUT2D eigenvalue weighted by Crippen LogP contribution is -2.65. The number of unbranched alkanes of at least 4 members (excludes halogenated alkanes) is 16. The first-order valence-electron chi connectivity index (χ1n) is 26.2. The number of carbonyl (C=O) groups excluding carboxylic acids is 1. The van der Waals surface area contributed by atoms with Crippen LogP contribution >= 0.6 is 0 Å². The lowest BCUT2D eigenvalue weighted by atomic mass is 9.97. The predicted molar refractivity (Wildman–Crippen MR) is 267 cm³/mol. The monoisotopic (exact) mass is 964 g/mol. The number of allylic oxidation sites excluding steroid dienone is 11. The van der Waals surface area contributed by atoms with Crippen LogP contribution < -0.4 is 5.32 Å². The molecule has 0 aromatic carbocycles. The summed E-state index contributed by atoms with van der Waals surface area (Å²) in [6, 6.07) is -0.947. The molecular formula is C54H93NO13. The fourth-order valence-corrected chi connectivity index (χ4v) is 8.12. The van der Waals surface area contributed by atoms with Gasteiger partial charge in [0.2, 0.25) is 5.91 Å². The summed E-state index contributed by atoms with van der Waals surface area (Å²) < 4.78 is 22.7. The Labute approximate surface area is 408 Å². The van der Waals surface area contributed by atoms with Gasteiger partial charge in [-0.2, -0.15) is 0 Å². The molecule has 2 rings (SSSR count). The number of ether oxygens (including phenoxy) is 4. The summed E-state index contributed by atoms with van der Waals surface area (Å²) in [6.45, 7) is 2.62. The highest BCUT2D eigenvalue weighted by Crippen LogP contribution is 2.30. The first kappa shape index (κ1) is 61.5. The molecule has 0 aromatic rings. The first-order chi connectivity index (χ1) is 33.1. The van der Waals surface area contributed by atoms with Gasteiger partial charge in [-0.3, -0.25) is 4.79 Å². The maximum absolute atomic E-state index is 13.2. The predicted octanol–water partition coefficient (Wildman–Crippen LogP) is 7.21. The molecule has 0 aromatic heterocycles. The van der Waals surface area contributed by atoms with E-state index < -0.39 is 86.8 Å². The van der Waals surface area contributed by atoms with Crippen LogP contribution in [-0.4, -0.2) is 140 Å². The van der Waals surface area contributed by atoms with Crippen LogP contribution in [0, 0.1) is 0 Å². The Morgan fingerprint density at radius 1 is 0.544 bits per heavy atom. The van der Waals surface area contributed by atoms with Crippen LogP contribution in [-0.2, 0) is 23.7 Å². The number of amides is 1. The van der Waals surface area contributed by atoms with Gasteiger partial charge in [-0.1, -0.05) is 164 Å². The highest BCUT2D eigenvalue weighted by Gasteiger charge is 2.51. The number of aliphatic hydroxyl groups excluding tert-OH is 8. The van der Waals surface area contributed by atoms with Gasteiger partial charge in [-0.25, -0.2) is 0 Å². The molecule has 14 heteroatoms. The number of aliphatic hydroxyl groups is 8. The second kappa shape index (κ2) is 40.1. The average molecular weight is 964 g/mol. The van der Waals surface area contributed by atoms with Crippen LogP contribution in [0.2, 0.25) is 0 Å². The van der Waals surface area contributed by atoms with E-state index in [0.29, 0.717) is 12.8 Å². The van der Waals surface area contributed by atoms with Crippen molar-refractivity contribution in [2.45, 2.75) is 242 Å². The summed E-state index contributed by atoms with van der Waals surface area (Å²) in [5.41, 5.74) is 0. The van der Waals surface area contributed by atoms with Crippen LogP contribution in [0.25, 0.3) is 0 Å². The third-order valence-corrected chi connectivity index (χ3v) is 12.4. The summed E-state index contributed by atoms with van der Waals surface area (Å²) in [5, 5.41) is 86.8. The maximum Gasteiger partial charge on any atom is 0.220 e. The lowest BCUT2D eigenvalue weighted by molar-refractivity contribution is -0.359. The minimum atomic E-state index is -1.80. The zero-order chi connectivity index (χ0) is 49.6. The topological polar surface area (TPSA) is 228 Å². The quantitative estimate of drug-likeness (QED) is 0.0220. The van der Waals surface area contributed by atoms with E-state index in [2.05, 4.69) is 79.9 Å². The molecule has 1 amide bonds. The molecule has 0 bridgehead atoms. The molecule has 2 heterocycles. The molecular weight excluding hydrogens is 871 g/mol. The van der Waals surface area contributed by atoms with Gasteiger partial charge >= 0.3 is 0 Å². The van der Waals surface area contributed by atoms with Crippen molar-refractivity contribution in [1.82, 2.24) is 5.32 Å². The number of hydrogen-bond donors (Lipinski definition) is 9. The lowest BCUT2D eigenvalue weighted by Gasteiger charge is -2.46. The Hall–Kier alpha value is -2.57. The molecule has 12 atom stereocenters. The van der Waals surface area contributed by atoms with E-state index >= 15 is 0 Å². The maximum atomic E-state index is 13.2. The van der Waals surface area contributed by atoms with Crippen LogP contribution in [0.4, 0.5) is 0 Å². The van der Waals surface area contributed by atoms with Crippen LogP contribution in [0.5, 0.6) is 0 Å². The zero-order valence-corrected chi connectivity index (χ0v) is 41.6. The third-order valence-electron chi connectivity index (χ3n) is 12.4. The summed E-state index contributed by atoms with van der Waals surface area (Å²) in [4.78, 5) is 13.2. The Kier molecular flexibility index (Phi) is 36.3. The molecule has 2 aliphatic rings. The molecule has 0 spiro atoms. The smallest absolute Gasteiger partial charge is 0.220 e. The summed E-state index contributed by atoms with van der Waals surface area (Å²) in [5.74, 6) is -0.276. The van der Waals surface area contributed by atoms with E-state index in [9.17, 15) is 45.6 Å². The first-order valence-corrected chi connectivity index (χ1v) is 26.2. The Morgan fingerprint density at radius 2 is 1.03 bits per heavy atom. The van der Waals surface area contributed by atoms with E-state index in [0.717, 1.165) is 64.2 Å². The largest absolute Gasteiger partial charge is 0.394 e. The van der Waals surface area contributed by atoms with Gasteiger partial charge < -0.3 is 65.1 Å². The number of hydrogen-bond acceptors (Lipinski definition) is 13. The molecule has 2 aliphatic heterocycles. The van der Waals surface area contributed by atoms with E-state index in [1.165, 1.54) is 70.6 Å². The van der Waals surface area contributed by atoms with Crippen molar-refractivity contribution in [1.29, 1.82) is 0 Å². The minimum absolute atomic E-state index is 0.242.